The summed E-state index contributed by atoms with van der Waals surface area (Å²) in [6, 6.07) is 6.48. The van der Waals surface area contributed by atoms with Gasteiger partial charge in [0.1, 0.15) is 5.82 Å². The van der Waals surface area contributed by atoms with Gasteiger partial charge in [0.05, 0.1) is 23.6 Å². The number of nitrogens with one attached hydrogen (secondary N) is 2. The zero-order chi connectivity index (χ0) is 18.9. The fourth-order valence-corrected chi connectivity index (χ4v) is 4.34. The maximum Gasteiger partial charge on any atom is 0.247 e. The van der Waals surface area contributed by atoms with Crippen LogP contribution in [0.5, 0.6) is 0 Å². The summed E-state index contributed by atoms with van der Waals surface area (Å²) in [4.78, 5) is 24.8. The first-order valence-electron chi connectivity index (χ1n) is 9.36. The van der Waals surface area contributed by atoms with Crippen LogP contribution in [0.4, 0.5) is 4.39 Å². The van der Waals surface area contributed by atoms with Crippen molar-refractivity contribution in [3.8, 4) is 0 Å². The number of carbonyl (C=O) groups excluding carboxylic acids is 2. The molecule has 5 nitrogen and oxygen atoms in total. The van der Waals surface area contributed by atoms with Crippen LogP contribution in [-0.4, -0.2) is 17.5 Å². The highest BCUT2D eigenvalue weighted by Crippen LogP contribution is 2.39. The number of rotatable bonds is 4. The van der Waals surface area contributed by atoms with Crippen LogP contribution in [0.2, 0.25) is 0 Å². The zero-order valence-corrected chi connectivity index (χ0v) is 15.0. The van der Waals surface area contributed by atoms with Crippen molar-refractivity contribution in [3.63, 3.8) is 0 Å². The minimum atomic E-state index is -0.528. The van der Waals surface area contributed by atoms with Crippen LogP contribution in [-0.2, 0) is 15.1 Å². The molecule has 140 valence electrons. The molecule has 0 spiro atoms. The summed E-state index contributed by atoms with van der Waals surface area (Å²) in [6.07, 6.45) is 11.1. The number of hydrazone groups is 1. The molecule has 1 aromatic rings. The fraction of sp³-hybridized carbons (Fsp3) is 0.381. The maximum atomic E-state index is 13.7. The van der Waals surface area contributed by atoms with E-state index in [-0.39, 0.29) is 35.9 Å². The minimum absolute atomic E-state index is 0.108. The van der Waals surface area contributed by atoms with Crippen molar-refractivity contribution in [3.05, 3.63) is 60.0 Å². The Bertz CT molecular complexity index is 853. The van der Waals surface area contributed by atoms with E-state index in [0.717, 1.165) is 31.2 Å². The number of amides is 2. The van der Waals surface area contributed by atoms with E-state index < -0.39 is 5.54 Å². The topological polar surface area (TPSA) is 70.6 Å². The monoisotopic (exact) mass is 367 g/mol. The largest absolute Gasteiger partial charge is 0.346 e. The van der Waals surface area contributed by atoms with E-state index in [9.17, 15) is 14.0 Å². The summed E-state index contributed by atoms with van der Waals surface area (Å²) in [7, 11) is 0. The van der Waals surface area contributed by atoms with E-state index in [1.807, 2.05) is 30.4 Å². The number of fused-ring (bicyclic) bond motifs is 1. The lowest BCUT2D eigenvalue weighted by Crippen LogP contribution is -2.47. The van der Waals surface area contributed by atoms with Gasteiger partial charge in [-0.3, -0.25) is 9.59 Å². The third-order valence-corrected chi connectivity index (χ3v) is 5.69. The van der Waals surface area contributed by atoms with Gasteiger partial charge in [-0.1, -0.05) is 49.3 Å². The first-order valence-corrected chi connectivity index (χ1v) is 9.36. The Kier molecular flexibility index (Phi) is 4.64. The summed E-state index contributed by atoms with van der Waals surface area (Å²) in [6.45, 7) is 0. The lowest BCUT2D eigenvalue weighted by atomic mass is 9.81. The van der Waals surface area contributed by atoms with Gasteiger partial charge in [0.15, 0.2) is 0 Å². The Labute approximate surface area is 157 Å². The standard InChI is InChI=1S/C21H22FN3O2/c22-15-7-5-6-14(12-15)21(10-3-4-11-21)23-19(26)13-18-16-8-1-2-9-17(16)20(27)25-24-18/h1-2,5-9,12,16-17H,3-4,10-11,13H2,(H,23,26)(H,25,27). The molecule has 4 rings (SSSR count). The molecule has 1 aromatic carbocycles. The second kappa shape index (κ2) is 7.10. The average molecular weight is 367 g/mol. The number of nitrogens with zero attached hydrogens (tertiary/aromatic N) is 1. The van der Waals surface area contributed by atoms with Gasteiger partial charge in [0.2, 0.25) is 11.8 Å². The summed E-state index contributed by atoms with van der Waals surface area (Å²) in [5.41, 5.74) is 3.44. The van der Waals surface area contributed by atoms with Crippen molar-refractivity contribution in [1.29, 1.82) is 0 Å². The second-order valence-corrected chi connectivity index (χ2v) is 7.43. The van der Waals surface area contributed by atoms with Gasteiger partial charge in [-0.05, 0) is 30.5 Å². The molecule has 1 saturated carbocycles. The lowest BCUT2D eigenvalue weighted by Gasteiger charge is -2.32. The summed E-state index contributed by atoms with van der Waals surface area (Å²) < 4.78 is 13.7. The van der Waals surface area contributed by atoms with Crippen molar-refractivity contribution >= 4 is 17.5 Å². The van der Waals surface area contributed by atoms with E-state index in [1.165, 1.54) is 12.1 Å². The molecule has 3 aliphatic rings. The van der Waals surface area contributed by atoms with E-state index in [1.54, 1.807) is 6.07 Å². The fourth-order valence-electron chi connectivity index (χ4n) is 4.34. The van der Waals surface area contributed by atoms with Crippen LogP contribution < -0.4 is 10.7 Å². The third kappa shape index (κ3) is 3.44. The Balaban J connectivity index is 1.52. The van der Waals surface area contributed by atoms with E-state index in [2.05, 4.69) is 15.8 Å². The average Bonchev–Trinajstić information content (AvgIpc) is 3.14. The molecule has 2 aliphatic carbocycles. The SMILES string of the molecule is O=C(CC1=NNC(=O)C2C=CC=CC12)NC1(c2cccc(F)c2)CCCC1. The highest BCUT2D eigenvalue weighted by atomic mass is 19.1. The van der Waals surface area contributed by atoms with Crippen molar-refractivity contribution < 1.29 is 14.0 Å². The van der Waals surface area contributed by atoms with Gasteiger partial charge in [-0.15, -0.1) is 0 Å². The Morgan fingerprint density at radius 3 is 2.70 bits per heavy atom. The molecule has 1 fully saturated rings. The van der Waals surface area contributed by atoms with Crippen molar-refractivity contribution in [1.82, 2.24) is 10.7 Å². The zero-order valence-electron chi connectivity index (χ0n) is 15.0. The smallest absolute Gasteiger partial charge is 0.247 e. The number of hydrogen-bond acceptors (Lipinski definition) is 3. The highest BCUT2D eigenvalue weighted by Gasteiger charge is 2.39. The molecule has 2 unspecified atom stereocenters. The molecular formula is C21H22FN3O2. The molecule has 0 bridgehead atoms. The predicted molar refractivity (Wildman–Crippen MR) is 100 cm³/mol. The molecule has 6 heteroatoms. The van der Waals surface area contributed by atoms with Crippen LogP contribution in [0.15, 0.2) is 53.7 Å². The molecule has 27 heavy (non-hydrogen) atoms. The number of carbonyl (C=O) groups is 2. The predicted octanol–water partition coefficient (Wildman–Crippen LogP) is 2.95. The highest BCUT2D eigenvalue weighted by molar-refractivity contribution is 6.07. The molecule has 2 atom stereocenters. The van der Waals surface area contributed by atoms with Crippen LogP contribution in [0.3, 0.4) is 0 Å². The molecular weight excluding hydrogens is 345 g/mol. The lowest BCUT2D eigenvalue weighted by molar-refractivity contribution is -0.125. The molecule has 0 saturated heterocycles. The van der Waals surface area contributed by atoms with Gasteiger partial charge >= 0.3 is 0 Å². The quantitative estimate of drug-likeness (QED) is 0.859. The van der Waals surface area contributed by atoms with Crippen molar-refractivity contribution in [2.24, 2.45) is 16.9 Å². The molecule has 0 radical (unpaired) electrons. The van der Waals surface area contributed by atoms with Crippen LogP contribution in [0.1, 0.15) is 37.7 Å². The number of benzene rings is 1. The van der Waals surface area contributed by atoms with Gasteiger partial charge < -0.3 is 5.32 Å². The minimum Gasteiger partial charge on any atom is -0.346 e. The maximum absolute atomic E-state index is 13.7. The third-order valence-electron chi connectivity index (χ3n) is 5.69. The number of allylic oxidation sites excluding steroid dienone is 3. The first kappa shape index (κ1) is 17.6. The van der Waals surface area contributed by atoms with E-state index in [4.69, 9.17) is 0 Å². The van der Waals surface area contributed by atoms with Crippen molar-refractivity contribution in [2.45, 2.75) is 37.6 Å². The van der Waals surface area contributed by atoms with Crippen LogP contribution in [0.25, 0.3) is 0 Å². The summed E-state index contributed by atoms with van der Waals surface area (Å²) in [5, 5.41) is 7.28. The molecule has 1 aliphatic heterocycles. The normalized spacial score (nSPS) is 25.5. The molecule has 1 heterocycles. The van der Waals surface area contributed by atoms with E-state index in [0.29, 0.717) is 5.71 Å². The summed E-state index contributed by atoms with van der Waals surface area (Å²) in [5.74, 6) is -1.12. The van der Waals surface area contributed by atoms with Gasteiger partial charge in [0.25, 0.3) is 0 Å². The van der Waals surface area contributed by atoms with Gasteiger partial charge in [0, 0.05) is 5.92 Å². The number of halogens is 1. The van der Waals surface area contributed by atoms with Crippen LogP contribution >= 0.6 is 0 Å². The Morgan fingerprint density at radius 2 is 1.96 bits per heavy atom. The van der Waals surface area contributed by atoms with Gasteiger partial charge in [-0.2, -0.15) is 5.10 Å². The van der Waals surface area contributed by atoms with E-state index >= 15 is 0 Å². The molecule has 2 N–H and O–H groups in total. The van der Waals surface area contributed by atoms with Gasteiger partial charge in [-0.25, -0.2) is 9.82 Å². The number of hydrogen-bond donors (Lipinski definition) is 2. The van der Waals surface area contributed by atoms with Crippen LogP contribution in [0, 0.1) is 17.7 Å². The van der Waals surface area contributed by atoms with Crippen molar-refractivity contribution in [2.75, 3.05) is 0 Å². The second-order valence-electron chi connectivity index (χ2n) is 7.43. The Morgan fingerprint density at radius 1 is 1.22 bits per heavy atom. The summed E-state index contributed by atoms with van der Waals surface area (Å²) >= 11 is 0. The first-order chi connectivity index (χ1) is 13.1. The molecule has 2 amide bonds. The Hall–Kier alpha value is -2.76. The molecule has 0 aromatic heterocycles.